The molecule has 0 atom stereocenters. The Bertz CT molecular complexity index is 653. The summed E-state index contributed by atoms with van der Waals surface area (Å²) in [5.41, 5.74) is 1.45. The van der Waals surface area contributed by atoms with E-state index in [2.05, 4.69) is 5.32 Å². The Morgan fingerprint density at radius 3 is 2.38 bits per heavy atom. The molecule has 0 bridgehead atoms. The number of benzene rings is 2. The van der Waals surface area contributed by atoms with Gasteiger partial charge in [-0.15, -0.1) is 0 Å². The van der Waals surface area contributed by atoms with E-state index in [1.807, 2.05) is 37.3 Å². The van der Waals surface area contributed by atoms with Gasteiger partial charge in [-0.05, 0) is 36.2 Å². The van der Waals surface area contributed by atoms with Crippen molar-refractivity contribution in [2.75, 3.05) is 13.2 Å². The Morgan fingerprint density at radius 1 is 1.00 bits per heavy atom. The Labute approximate surface area is 141 Å². The van der Waals surface area contributed by atoms with E-state index in [0.29, 0.717) is 24.5 Å². The Kier molecular flexibility index (Phi) is 6.83. The maximum atomic E-state index is 11.9. The number of nitrogens with one attached hydrogen (secondary N) is 1. The number of hydrogen-bond donors (Lipinski definition) is 1. The van der Waals surface area contributed by atoms with Crippen LogP contribution < -0.4 is 10.1 Å². The summed E-state index contributed by atoms with van der Waals surface area (Å²) in [6.45, 7) is 2.71. The van der Waals surface area contributed by atoms with Gasteiger partial charge >= 0.3 is 5.97 Å². The Hall–Kier alpha value is -2.82. The third kappa shape index (κ3) is 5.76. The predicted molar refractivity (Wildman–Crippen MR) is 90.8 cm³/mol. The predicted octanol–water partition coefficient (Wildman–Crippen LogP) is 2.95. The third-order valence-electron chi connectivity index (χ3n) is 3.24. The molecule has 0 aliphatic heterocycles. The maximum absolute atomic E-state index is 11.9. The van der Waals surface area contributed by atoms with Crippen molar-refractivity contribution in [3.05, 3.63) is 65.7 Å². The zero-order chi connectivity index (χ0) is 17.2. The molecule has 0 radical (unpaired) electrons. The molecule has 126 valence electrons. The van der Waals surface area contributed by atoms with Gasteiger partial charge in [0.05, 0.1) is 5.56 Å². The molecule has 0 saturated carbocycles. The summed E-state index contributed by atoms with van der Waals surface area (Å²) in [6, 6.07) is 16.5. The zero-order valence-electron chi connectivity index (χ0n) is 13.7. The van der Waals surface area contributed by atoms with Crippen LogP contribution in [0.4, 0.5) is 0 Å². The molecule has 0 aliphatic rings. The van der Waals surface area contributed by atoms with Gasteiger partial charge in [0.25, 0.3) is 5.91 Å². The summed E-state index contributed by atoms with van der Waals surface area (Å²) in [6.07, 6.45) is 0.837. The second kappa shape index (κ2) is 9.35. The first-order valence-electron chi connectivity index (χ1n) is 7.89. The maximum Gasteiger partial charge on any atom is 0.338 e. The summed E-state index contributed by atoms with van der Waals surface area (Å²) in [4.78, 5) is 23.3. The van der Waals surface area contributed by atoms with E-state index in [0.717, 1.165) is 12.0 Å². The smallest absolute Gasteiger partial charge is 0.338 e. The van der Waals surface area contributed by atoms with Gasteiger partial charge in [-0.25, -0.2) is 4.79 Å². The second-order valence-electron chi connectivity index (χ2n) is 5.22. The molecule has 0 unspecified atom stereocenters. The van der Waals surface area contributed by atoms with Gasteiger partial charge in [0.1, 0.15) is 12.4 Å². The number of amides is 1. The number of rotatable bonds is 8. The lowest BCUT2D eigenvalue weighted by Crippen LogP contribution is -2.29. The molecule has 2 rings (SSSR count). The van der Waals surface area contributed by atoms with Crippen molar-refractivity contribution in [2.45, 2.75) is 20.0 Å². The van der Waals surface area contributed by atoms with Crippen LogP contribution in [0.5, 0.6) is 5.75 Å². The fourth-order valence-corrected chi connectivity index (χ4v) is 1.96. The van der Waals surface area contributed by atoms with E-state index in [-0.39, 0.29) is 12.5 Å². The van der Waals surface area contributed by atoms with Crippen LogP contribution in [0, 0.1) is 0 Å². The van der Waals surface area contributed by atoms with Crippen LogP contribution >= 0.6 is 0 Å². The highest BCUT2D eigenvalue weighted by atomic mass is 16.5. The summed E-state index contributed by atoms with van der Waals surface area (Å²) in [7, 11) is 0. The fraction of sp³-hybridized carbons (Fsp3) is 0.263. The van der Waals surface area contributed by atoms with Crippen LogP contribution in [0.1, 0.15) is 29.3 Å². The largest absolute Gasteiger partial charge is 0.489 e. The highest BCUT2D eigenvalue weighted by Gasteiger charge is 2.10. The molecule has 0 aliphatic carbocycles. The monoisotopic (exact) mass is 327 g/mol. The van der Waals surface area contributed by atoms with Gasteiger partial charge in [-0.3, -0.25) is 4.79 Å². The van der Waals surface area contributed by atoms with Gasteiger partial charge in [0.2, 0.25) is 0 Å². The molecule has 2 aromatic rings. The summed E-state index contributed by atoms with van der Waals surface area (Å²) in [5.74, 6) is -0.166. The van der Waals surface area contributed by atoms with Crippen molar-refractivity contribution in [2.24, 2.45) is 0 Å². The summed E-state index contributed by atoms with van der Waals surface area (Å²) < 4.78 is 10.6. The summed E-state index contributed by atoms with van der Waals surface area (Å²) >= 11 is 0. The van der Waals surface area contributed by atoms with Crippen LogP contribution in [0.3, 0.4) is 0 Å². The van der Waals surface area contributed by atoms with Crippen LogP contribution in [-0.2, 0) is 16.1 Å². The second-order valence-corrected chi connectivity index (χ2v) is 5.22. The first-order chi connectivity index (χ1) is 11.7. The van der Waals surface area contributed by atoms with Crippen LogP contribution in [-0.4, -0.2) is 25.0 Å². The van der Waals surface area contributed by atoms with Crippen molar-refractivity contribution in [3.8, 4) is 5.75 Å². The highest BCUT2D eigenvalue weighted by Crippen LogP contribution is 2.14. The lowest BCUT2D eigenvalue weighted by molar-refractivity contribution is -0.124. The molecule has 0 heterocycles. The SMILES string of the molecule is CCCNC(=O)COC(=O)c1ccc(OCc2ccccc2)cc1. The summed E-state index contributed by atoms with van der Waals surface area (Å²) in [5, 5.41) is 2.64. The van der Waals surface area contributed by atoms with Gasteiger partial charge in [-0.2, -0.15) is 0 Å². The average Bonchev–Trinajstić information content (AvgIpc) is 2.64. The molecule has 0 spiro atoms. The van der Waals surface area contributed by atoms with E-state index >= 15 is 0 Å². The van der Waals surface area contributed by atoms with E-state index in [9.17, 15) is 9.59 Å². The quantitative estimate of drug-likeness (QED) is 0.757. The van der Waals surface area contributed by atoms with Gasteiger partial charge in [0, 0.05) is 6.54 Å². The molecule has 0 aromatic heterocycles. The minimum Gasteiger partial charge on any atom is -0.489 e. The van der Waals surface area contributed by atoms with Crippen LogP contribution in [0.15, 0.2) is 54.6 Å². The van der Waals surface area contributed by atoms with Crippen LogP contribution in [0.25, 0.3) is 0 Å². The number of hydrogen-bond acceptors (Lipinski definition) is 4. The van der Waals surface area contributed by atoms with E-state index in [1.54, 1.807) is 24.3 Å². The molecule has 0 fully saturated rings. The van der Waals surface area contributed by atoms with Gasteiger partial charge < -0.3 is 14.8 Å². The van der Waals surface area contributed by atoms with E-state index in [1.165, 1.54) is 0 Å². The lowest BCUT2D eigenvalue weighted by atomic mass is 10.2. The molecule has 24 heavy (non-hydrogen) atoms. The average molecular weight is 327 g/mol. The van der Waals surface area contributed by atoms with Crippen LogP contribution in [0.2, 0.25) is 0 Å². The molecule has 1 N–H and O–H groups in total. The van der Waals surface area contributed by atoms with Crippen molar-refractivity contribution in [3.63, 3.8) is 0 Å². The number of esters is 1. The standard InChI is InChI=1S/C19H21NO4/c1-2-12-20-18(21)14-24-19(22)16-8-10-17(11-9-16)23-13-15-6-4-3-5-7-15/h3-11H,2,12-14H2,1H3,(H,20,21). The molecule has 2 aromatic carbocycles. The number of carbonyl (C=O) groups is 2. The van der Waals surface area contributed by atoms with Crippen molar-refractivity contribution < 1.29 is 19.1 Å². The molecular weight excluding hydrogens is 306 g/mol. The Balaban J connectivity index is 1.80. The highest BCUT2D eigenvalue weighted by molar-refractivity contribution is 5.91. The van der Waals surface area contributed by atoms with Gasteiger partial charge in [-0.1, -0.05) is 37.3 Å². The van der Waals surface area contributed by atoms with Gasteiger partial charge in [0.15, 0.2) is 6.61 Å². The Morgan fingerprint density at radius 2 is 1.71 bits per heavy atom. The minimum absolute atomic E-state index is 0.273. The normalized spacial score (nSPS) is 10.0. The molecule has 0 saturated heterocycles. The van der Waals surface area contributed by atoms with Crippen molar-refractivity contribution in [1.82, 2.24) is 5.32 Å². The number of carbonyl (C=O) groups excluding carboxylic acids is 2. The molecule has 1 amide bonds. The molecule has 5 nitrogen and oxygen atoms in total. The first-order valence-corrected chi connectivity index (χ1v) is 7.89. The third-order valence-corrected chi connectivity index (χ3v) is 3.24. The van der Waals surface area contributed by atoms with E-state index < -0.39 is 5.97 Å². The van der Waals surface area contributed by atoms with Crippen molar-refractivity contribution in [1.29, 1.82) is 0 Å². The first kappa shape index (κ1) is 17.5. The minimum atomic E-state index is -0.531. The number of ether oxygens (including phenoxy) is 2. The lowest BCUT2D eigenvalue weighted by Gasteiger charge is -2.08. The van der Waals surface area contributed by atoms with E-state index in [4.69, 9.17) is 9.47 Å². The topological polar surface area (TPSA) is 64.6 Å². The fourth-order valence-electron chi connectivity index (χ4n) is 1.96. The molecule has 5 heteroatoms. The zero-order valence-corrected chi connectivity index (χ0v) is 13.7. The van der Waals surface area contributed by atoms with Crippen molar-refractivity contribution >= 4 is 11.9 Å². The molecular formula is C19H21NO4.